The first-order valence-electron chi connectivity index (χ1n) is 4.92. The lowest BCUT2D eigenvalue weighted by atomic mass is 10.2. The number of nitrogens with two attached hydrogens (primary N) is 1. The Morgan fingerprint density at radius 1 is 1.33 bits per heavy atom. The molecule has 0 unspecified atom stereocenters. The molecular weight excluding hydrogens is 192 g/mol. The molecule has 0 aromatic heterocycles. The number of hydrogen-bond acceptors (Lipinski definition) is 4. The number of hydrogen-bond donors (Lipinski definition) is 1. The molecule has 0 amide bonds. The van der Waals surface area contributed by atoms with Crippen molar-refractivity contribution in [3.05, 3.63) is 18.2 Å². The molecule has 0 aliphatic carbocycles. The molecule has 0 radical (unpaired) electrons. The van der Waals surface area contributed by atoms with Gasteiger partial charge < -0.3 is 20.1 Å². The van der Waals surface area contributed by atoms with Crippen LogP contribution in [0.1, 0.15) is 6.92 Å². The fourth-order valence-corrected chi connectivity index (χ4v) is 1.11. The Kier molecular flexibility index (Phi) is 4.24. The SMILES string of the molecule is CCOCOc1cc(N(C)C)ccc1N. The van der Waals surface area contributed by atoms with E-state index in [1.165, 1.54) is 0 Å². The largest absolute Gasteiger partial charge is 0.465 e. The number of benzene rings is 1. The highest BCUT2D eigenvalue weighted by Gasteiger charge is 2.03. The van der Waals surface area contributed by atoms with E-state index < -0.39 is 0 Å². The molecule has 0 atom stereocenters. The van der Waals surface area contributed by atoms with Crippen LogP contribution in [0.4, 0.5) is 11.4 Å². The van der Waals surface area contributed by atoms with Gasteiger partial charge in [0.25, 0.3) is 0 Å². The second kappa shape index (κ2) is 5.46. The predicted molar refractivity (Wildman–Crippen MR) is 62.3 cm³/mol. The summed E-state index contributed by atoms with van der Waals surface area (Å²) in [5.41, 5.74) is 7.45. The van der Waals surface area contributed by atoms with E-state index >= 15 is 0 Å². The minimum Gasteiger partial charge on any atom is -0.465 e. The first kappa shape index (κ1) is 11.7. The third-order valence-corrected chi connectivity index (χ3v) is 2.02. The van der Waals surface area contributed by atoms with Crippen LogP contribution < -0.4 is 15.4 Å². The molecule has 1 aromatic rings. The summed E-state index contributed by atoms with van der Waals surface area (Å²) in [6.45, 7) is 2.79. The Bertz CT molecular complexity index is 313. The van der Waals surface area contributed by atoms with Crippen molar-refractivity contribution >= 4 is 11.4 Å². The van der Waals surface area contributed by atoms with Gasteiger partial charge in [0.1, 0.15) is 5.75 Å². The van der Waals surface area contributed by atoms with Crippen molar-refractivity contribution in [2.24, 2.45) is 0 Å². The molecule has 1 rings (SSSR count). The standard InChI is InChI=1S/C11H18N2O2/c1-4-14-8-15-11-7-9(13(2)3)5-6-10(11)12/h5-7H,4,8,12H2,1-3H3. The third kappa shape index (κ3) is 3.32. The quantitative estimate of drug-likeness (QED) is 0.456. The van der Waals surface area contributed by atoms with Crippen LogP contribution in [0.25, 0.3) is 0 Å². The summed E-state index contributed by atoms with van der Waals surface area (Å²) in [7, 11) is 3.94. The summed E-state index contributed by atoms with van der Waals surface area (Å²) in [5.74, 6) is 0.662. The van der Waals surface area contributed by atoms with Crippen molar-refractivity contribution in [3.63, 3.8) is 0 Å². The Hall–Kier alpha value is -1.42. The number of ether oxygens (including phenoxy) is 2. The zero-order chi connectivity index (χ0) is 11.3. The van der Waals surface area contributed by atoms with Gasteiger partial charge in [0.05, 0.1) is 5.69 Å². The topological polar surface area (TPSA) is 47.7 Å². The maximum atomic E-state index is 5.77. The minimum absolute atomic E-state index is 0.234. The third-order valence-electron chi connectivity index (χ3n) is 2.02. The molecule has 0 saturated heterocycles. The van der Waals surface area contributed by atoms with Crippen LogP contribution in [0.2, 0.25) is 0 Å². The molecule has 4 heteroatoms. The van der Waals surface area contributed by atoms with Gasteiger partial charge in [0.15, 0.2) is 6.79 Å². The first-order chi connectivity index (χ1) is 7.15. The van der Waals surface area contributed by atoms with E-state index in [0.29, 0.717) is 18.0 Å². The lowest BCUT2D eigenvalue weighted by molar-refractivity contribution is 0.0229. The van der Waals surface area contributed by atoms with Gasteiger partial charge in [-0.05, 0) is 19.1 Å². The highest BCUT2D eigenvalue weighted by Crippen LogP contribution is 2.26. The van der Waals surface area contributed by atoms with Crippen LogP contribution in [0.5, 0.6) is 5.75 Å². The lowest BCUT2D eigenvalue weighted by Gasteiger charge is -2.15. The summed E-state index contributed by atoms with van der Waals surface area (Å²) < 4.78 is 10.5. The second-order valence-corrected chi connectivity index (χ2v) is 3.37. The maximum absolute atomic E-state index is 5.77. The molecule has 0 heterocycles. The van der Waals surface area contributed by atoms with Crippen LogP contribution >= 0.6 is 0 Å². The summed E-state index contributed by atoms with van der Waals surface area (Å²) in [5, 5.41) is 0. The van der Waals surface area contributed by atoms with Crippen LogP contribution in [-0.2, 0) is 4.74 Å². The molecule has 0 aliphatic heterocycles. The van der Waals surface area contributed by atoms with Crippen LogP contribution in [0, 0.1) is 0 Å². The van der Waals surface area contributed by atoms with Gasteiger partial charge in [-0.2, -0.15) is 0 Å². The minimum atomic E-state index is 0.234. The summed E-state index contributed by atoms with van der Waals surface area (Å²) in [6, 6.07) is 5.67. The molecule has 0 aliphatic rings. The molecular formula is C11H18N2O2. The van der Waals surface area contributed by atoms with Crippen molar-refractivity contribution in [2.45, 2.75) is 6.92 Å². The summed E-state index contributed by atoms with van der Waals surface area (Å²) in [6.07, 6.45) is 0. The predicted octanol–water partition coefficient (Wildman–Crippen LogP) is 1.71. The van der Waals surface area contributed by atoms with E-state index in [-0.39, 0.29) is 6.79 Å². The zero-order valence-corrected chi connectivity index (χ0v) is 9.49. The van der Waals surface area contributed by atoms with E-state index in [1.807, 2.05) is 44.1 Å². The fourth-order valence-electron chi connectivity index (χ4n) is 1.11. The molecule has 2 N–H and O–H groups in total. The van der Waals surface area contributed by atoms with Gasteiger partial charge in [-0.3, -0.25) is 0 Å². The first-order valence-corrected chi connectivity index (χ1v) is 4.92. The Morgan fingerprint density at radius 3 is 2.67 bits per heavy atom. The van der Waals surface area contributed by atoms with Crippen molar-refractivity contribution in [3.8, 4) is 5.75 Å². The van der Waals surface area contributed by atoms with Gasteiger partial charge in [-0.25, -0.2) is 0 Å². The van der Waals surface area contributed by atoms with E-state index in [1.54, 1.807) is 0 Å². The van der Waals surface area contributed by atoms with Crippen molar-refractivity contribution in [1.29, 1.82) is 0 Å². The average Bonchev–Trinajstić information content (AvgIpc) is 2.20. The smallest absolute Gasteiger partial charge is 0.189 e. The molecule has 15 heavy (non-hydrogen) atoms. The van der Waals surface area contributed by atoms with E-state index in [0.717, 1.165) is 5.69 Å². The normalized spacial score (nSPS) is 10.1. The number of anilines is 2. The van der Waals surface area contributed by atoms with Crippen LogP contribution in [0.3, 0.4) is 0 Å². The monoisotopic (exact) mass is 210 g/mol. The number of nitrogens with zero attached hydrogens (tertiary/aromatic N) is 1. The van der Waals surface area contributed by atoms with Crippen molar-refractivity contribution < 1.29 is 9.47 Å². The highest BCUT2D eigenvalue weighted by atomic mass is 16.7. The molecule has 0 spiro atoms. The van der Waals surface area contributed by atoms with Gasteiger partial charge in [-0.1, -0.05) is 0 Å². The second-order valence-electron chi connectivity index (χ2n) is 3.37. The molecule has 4 nitrogen and oxygen atoms in total. The summed E-state index contributed by atoms with van der Waals surface area (Å²) in [4.78, 5) is 1.99. The highest BCUT2D eigenvalue weighted by molar-refractivity contribution is 5.61. The van der Waals surface area contributed by atoms with Crippen molar-refractivity contribution in [2.75, 3.05) is 38.1 Å². The van der Waals surface area contributed by atoms with E-state index in [9.17, 15) is 0 Å². The average molecular weight is 210 g/mol. The van der Waals surface area contributed by atoms with Crippen molar-refractivity contribution in [1.82, 2.24) is 0 Å². The number of rotatable bonds is 5. The molecule has 1 aromatic carbocycles. The lowest BCUT2D eigenvalue weighted by Crippen LogP contribution is -2.10. The molecule has 0 saturated carbocycles. The van der Waals surface area contributed by atoms with Crippen LogP contribution in [0.15, 0.2) is 18.2 Å². The Morgan fingerprint density at radius 2 is 2.07 bits per heavy atom. The van der Waals surface area contributed by atoms with Gasteiger partial charge in [0, 0.05) is 32.5 Å². The van der Waals surface area contributed by atoms with E-state index in [4.69, 9.17) is 15.2 Å². The van der Waals surface area contributed by atoms with E-state index in [2.05, 4.69) is 0 Å². The Balaban J connectivity index is 2.72. The van der Waals surface area contributed by atoms with Crippen LogP contribution in [-0.4, -0.2) is 27.5 Å². The zero-order valence-electron chi connectivity index (χ0n) is 9.49. The number of nitrogen functional groups attached to an aromatic ring is 1. The van der Waals surface area contributed by atoms with Gasteiger partial charge in [-0.15, -0.1) is 0 Å². The molecule has 84 valence electrons. The fraction of sp³-hybridized carbons (Fsp3) is 0.455. The maximum Gasteiger partial charge on any atom is 0.189 e. The summed E-state index contributed by atoms with van der Waals surface area (Å²) >= 11 is 0. The van der Waals surface area contributed by atoms with Gasteiger partial charge in [0.2, 0.25) is 0 Å². The molecule has 0 fully saturated rings. The molecule has 0 bridgehead atoms. The van der Waals surface area contributed by atoms with Gasteiger partial charge >= 0.3 is 0 Å². The Labute approximate surface area is 90.6 Å².